The van der Waals surface area contributed by atoms with Crippen LogP contribution in [0.2, 0.25) is 0 Å². The molecule has 0 unspecified atom stereocenters. The lowest BCUT2D eigenvalue weighted by molar-refractivity contribution is -0.113. The van der Waals surface area contributed by atoms with Crippen LogP contribution in [0.1, 0.15) is 5.76 Å². The van der Waals surface area contributed by atoms with Gasteiger partial charge in [0.2, 0.25) is 21.1 Å². The first-order valence-corrected chi connectivity index (χ1v) is 13.0. The predicted octanol–water partition coefficient (Wildman–Crippen LogP) is 2.49. The van der Waals surface area contributed by atoms with Gasteiger partial charge in [0, 0.05) is 18.8 Å². The summed E-state index contributed by atoms with van der Waals surface area (Å²) in [7, 11) is -3.56. The number of carbonyl (C=O) groups is 1. The molecule has 4 rings (SSSR count). The molecule has 10 nitrogen and oxygen atoms in total. The number of ether oxygens (including phenoxy) is 1. The van der Waals surface area contributed by atoms with E-state index in [9.17, 15) is 13.2 Å². The normalized spacial score (nSPS) is 14.9. The SMILES string of the molecule is O=C(CSc1nnc(NCc2ccco2)s1)Nc1ccc(S(=O)(=O)N2CCOCC2)cc1. The second kappa shape index (κ2) is 10.4. The number of amides is 1. The van der Waals surface area contributed by atoms with E-state index in [1.807, 2.05) is 12.1 Å². The van der Waals surface area contributed by atoms with Gasteiger partial charge in [0.15, 0.2) is 4.34 Å². The van der Waals surface area contributed by atoms with Crippen LogP contribution in [0.25, 0.3) is 0 Å². The van der Waals surface area contributed by atoms with Crippen molar-refractivity contribution in [2.45, 2.75) is 15.8 Å². The van der Waals surface area contributed by atoms with Gasteiger partial charge in [-0.2, -0.15) is 4.31 Å². The molecule has 0 bridgehead atoms. The van der Waals surface area contributed by atoms with Crippen molar-refractivity contribution in [1.82, 2.24) is 14.5 Å². The zero-order chi connectivity index (χ0) is 22.4. The summed E-state index contributed by atoms with van der Waals surface area (Å²) in [6.07, 6.45) is 1.60. The van der Waals surface area contributed by atoms with Gasteiger partial charge in [0.1, 0.15) is 5.76 Å². The number of benzene rings is 1. The maximum atomic E-state index is 12.7. The number of hydrogen-bond acceptors (Lipinski definition) is 10. The van der Waals surface area contributed by atoms with Gasteiger partial charge < -0.3 is 19.8 Å². The van der Waals surface area contributed by atoms with Crippen molar-refractivity contribution < 1.29 is 22.4 Å². The molecule has 0 saturated carbocycles. The van der Waals surface area contributed by atoms with E-state index in [2.05, 4.69) is 20.8 Å². The van der Waals surface area contributed by atoms with Crippen LogP contribution < -0.4 is 10.6 Å². The molecule has 13 heteroatoms. The molecule has 3 aromatic rings. The highest BCUT2D eigenvalue weighted by atomic mass is 32.2. The third kappa shape index (κ3) is 5.86. The highest BCUT2D eigenvalue weighted by molar-refractivity contribution is 8.01. The monoisotopic (exact) mass is 495 g/mol. The standard InChI is InChI=1S/C19H21N5O5S3/c25-17(13-30-19-23-22-18(31-19)20-12-15-2-1-9-29-15)21-14-3-5-16(6-4-14)32(26,27)24-7-10-28-11-8-24/h1-6,9H,7-8,10-13H2,(H,20,22)(H,21,25). The van der Waals surface area contributed by atoms with Gasteiger partial charge in [-0.25, -0.2) is 8.42 Å². The number of nitrogens with zero attached hydrogens (tertiary/aromatic N) is 3. The lowest BCUT2D eigenvalue weighted by atomic mass is 10.3. The average Bonchev–Trinajstić information content (AvgIpc) is 3.49. The molecule has 1 saturated heterocycles. The summed E-state index contributed by atoms with van der Waals surface area (Å²) in [6, 6.07) is 9.83. The fraction of sp³-hybridized carbons (Fsp3) is 0.316. The highest BCUT2D eigenvalue weighted by Crippen LogP contribution is 2.26. The fourth-order valence-electron chi connectivity index (χ4n) is 2.89. The van der Waals surface area contributed by atoms with Crippen LogP contribution in [-0.4, -0.2) is 60.9 Å². The van der Waals surface area contributed by atoms with Gasteiger partial charge in [-0.15, -0.1) is 10.2 Å². The molecular weight excluding hydrogens is 474 g/mol. The third-order valence-corrected chi connectivity index (χ3v) is 8.40. The Morgan fingerprint density at radius 2 is 1.94 bits per heavy atom. The Hall–Kier alpha value is -2.45. The molecule has 170 valence electrons. The van der Waals surface area contributed by atoms with E-state index in [1.165, 1.54) is 39.5 Å². The van der Waals surface area contributed by atoms with Crippen LogP contribution >= 0.6 is 23.1 Å². The summed E-state index contributed by atoms with van der Waals surface area (Å²) in [5.41, 5.74) is 0.523. The van der Waals surface area contributed by atoms with E-state index < -0.39 is 10.0 Å². The van der Waals surface area contributed by atoms with Crippen LogP contribution in [0.5, 0.6) is 0 Å². The summed E-state index contributed by atoms with van der Waals surface area (Å²) in [5.74, 6) is 0.720. The van der Waals surface area contributed by atoms with Gasteiger partial charge in [-0.1, -0.05) is 23.1 Å². The van der Waals surface area contributed by atoms with Gasteiger partial charge >= 0.3 is 0 Å². The van der Waals surface area contributed by atoms with Crippen molar-refractivity contribution in [3.63, 3.8) is 0 Å². The average molecular weight is 496 g/mol. The van der Waals surface area contributed by atoms with Gasteiger partial charge in [0.05, 0.1) is 36.7 Å². The first kappa shape index (κ1) is 22.7. The van der Waals surface area contributed by atoms with Crippen molar-refractivity contribution in [2.75, 3.05) is 42.7 Å². The number of furan rings is 1. The topological polar surface area (TPSA) is 127 Å². The summed E-state index contributed by atoms with van der Waals surface area (Å²) < 4.78 is 37.8. The Labute approximate surface area is 193 Å². The predicted molar refractivity (Wildman–Crippen MR) is 121 cm³/mol. The van der Waals surface area contributed by atoms with E-state index in [0.29, 0.717) is 48.0 Å². The number of hydrogen-bond donors (Lipinski definition) is 2. The largest absolute Gasteiger partial charge is 0.467 e. The number of rotatable bonds is 9. The Morgan fingerprint density at radius 3 is 2.66 bits per heavy atom. The molecule has 2 aromatic heterocycles. The highest BCUT2D eigenvalue weighted by Gasteiger charge is 2.26. The van der Waals surface area contributed by atoms with Crippen LogP contribution in [-0.2, 0) is 26.1 Å². The number of sulfonamides is 1. The molecule has 1 amide bonds. The van der Waals surface area contributed by atoms with E-state index in [-0.39, 0.29) is 16.6 Å². The van der Waals surface area contributed by atoms with Crippen LogP contribution in [0.15, 0.2) is 56.3 Å². The number of thioether (sulfide) groups is 1. The molecule has 3 heterocycles. The second-order valence-electron chi connectivity index (χ2n) is 6.68. The molecule has 0 radical (unpaired) electrons. The smallest absolute Gasteiger partial charge is 0.243 e. The van der Waals surface area contributed by atoms with Crippen molar-refractivity contribution in [2.24, 2.45) is 0 Å². The summed E-state index contributed by atoms with van der Waals surface area (Å²) in [6.45, 7) is 1.96. The Bertz CT molecular complexity index is 1130. The molecule has 0 spiro atoms. The molecule has 0 aliphatic carbocycles. The number of carbonyl (C=O) groups excluding carboxylic acids is 1. The van der Waals surface area contributed by atoms with Crippen LogP contribution in [0, 0.1) is 0 Å². The van der Waals surface area contributed by atoms with Gasteiger partial charge in [0.25, 0.3) is 0 Å². The van der Waals surface area contributed by atoms with Crippen LogP contribution in [0.4, 0.5) is 10.8 Å². The molecule has 1 fully saturated rings. The Morgan fingerprint density at radius 1 is 1.16 bits per heavy atom. The molecule has 32 heavy (non-hydrogen) atoms. The summed E-state index contributed by atoms with van der Waals surface area (Å²) in [5, 5.41) is 14.6. The van der Waals surface area contributed by atoms with E-state index in [1.54, 1.807) is 18.4 Å². The van der Waals surface area contributed by atoms with Gasteiger partial charge in [-0.05, 0) is 36.4 Å². The van der Waals surface area contributed by atoms with Crippen molar-refractivity contribution >= 4 is 49.8 Å². The lowest BCUT2D eigenvalue weighted by Gasteiger charge is -2.26. The molecule has 0 atom stereocenters. The number of morpholine rings is 1. The Kier molecular flexibility index (Phi) is 7.42. The number of anilines is 2. The van der Waals surface area contributed by atoms with Crippen molar-refractivity contribution in [3.05, 3.63) is 48.4 Å². The van der Waals surface area contributed by atoms with Crippen molar-refractivity contribution in [1.29, 1.82) is 0 Å². The van der Waals surface area contributed by atoms with E-state index >= 15 is 0 Å². The maximum Gasteiger partial charge on any atom is 0.243 e. The van der Waals surface area contributed by atoms with Crippen molar-refractivity contribution in [3.8, 4) is 0 Å². The lowest BCUT2D eigenvalue weighted by Crippen LogP contribution is -2.40. The number of aromatic nitrogens is 2. The first-order valence-electron chi connectivity index (χ1n) is 9.71. The summed E-state index contributed by atoms with van der Waals surface area (Å²) in [4.78, 5) is 12.4. The minimum Gasteiger partial charge on any atom is -0.467 e. The maximum absolute atomic E-state index is 12.7. The zero-order valence-electron chi connectivity index (χ0n) is 16.9. The molecular formula is C19H21N5O5S3. The van der Waals surface area contributed by atoms with E-state index in [0.717, 1.165) is 5.76 Å². The van der Waals surface area contributed by atoms with Crippen LogP contribution in [0.3, 0.4) is 0 Å². The van der Waals surface area contributed by atoms with Gasteiger partial charge in [-0.3, -0.25) is 4.79 Å². The molecule has 1 aromatic carbocycles. The second-order valence-corrected chi connectivity index (χ2v) is 10.8. The third-order valence-electron chi connectivity index (χ3n) is 4.47. The number of nitrogens with one attached hydrogen (secondary N) is 2. The molecule has 1 aliphatic heterocycles. The first-order chi connectivity index (χ1) is 15.5. The molecule has 1 aliphatic rings. The summed E-state index contributed by atoms with van der Waals surface area (Å²) >= 11 is 2.62. The zero-order valence-corrected chi connectivity index (χ0v) is 19.3. The Balaban J connectivity index is 1.25. The fourth-order valence-corrected chi connectivity index (χ4v) is 5.84. The van der Waals surface area contributed by atoms with E-state index in [4.69, 9.17) is 9.15 Å². The minimum atomic E-state index is -3.56. The molecule has 2 N–H and O–H groups in total. The quantitative estimate of drug-likeness (QED) is 0.431. The minimum absolute atomic E-state index is 0.153.